The lowest BCUT2D eigenvalue weighted by atomic mass is 9.68. The van der Waals surface area contributed by atoms with E-state index in [1.165, 1.54) is 17.6 Å². The average molecular weight is 778 g/mol. The van der Waals surface area contributed by atoms with Crippen LogP contribution in [0.5, 0.6) is 11.5 Å². The molecule has 4 atom stereocenters. The molecule has 9 nitrogen and oxygen atoms in total. The Morgan fingerprint density at radius 3 is 2.49 bits per heavy atom. The molecule has 2 aliphatic heterocycles. The molecule has 3 aliphatic rings. The van der Waals surface area contributed by atoms with Gasteiger partial charge in [0.1, 0.15) is 0 Å². The molecule has 3 heterocycles. The Bertz CT molecular complexity index is 1720. The molecule has 3 N–H and O–H groups in total. The number of aliphatic hydroxyl groups is 2. The van der Waals surface area contributed by atoms with Gasteiger partial charge in [0.15, 0.2) is 11.5 Å². The van der Waals surface area contributed by atoms with Crippen LogP contribution in [0, 0.1) is 21.3 Å². The molecule has 49 heavy (non-hydrogen) atoms. The number of likely N-dealkylation sites (tertiary alicyclic amines) is 2. The molecule has 0 unspecified atom stereocenters. The summed E-state index contributed by atoms with van der Waals surface area (Å²) in [6.07, 6.45) is 5.42. The van der Waals surface area contributed by atoms with Gasteiger partial charge in [-0.15, -0.1) is 0 Å². The molecule has 0 saturated carbocycles. The zero-order chi connectivity index (χ0) is 34.7. The lowest BCUT2D eigenvalue weighted by molar-refractivity contribution is -0.144. The summed E-state index contributed by atoms with van der Waals surface area (Å²) in [7, 11) is 1.51. The lowest BCUT2D eigenvalue weighted by Gasteiger charge is -2.36. The molecule has 2 amide bonds. The molecule has 1 aromatic heterocycles. The molecule has 2 fully saturated rings. The summed E-state index contributed by atoms with van der Waals surface area (Å²) in [6.45, 7) is 4.05. The first kappa shape index (κ1) is 35.3. The van der Waals surface area contributed by atoms with Gasteiger partial charge in [-0.2, -0.15) is 0 Å². The van der Waals surface area contributed by atoms with E-state index in [0.29, 0.717) is 34.2 Å². The van der Waals surface area contributed by atoms with Gasteiger partial charge in [-0.3, -0.25) is 24.4 Å². The smallest absolute Gasteiger partial charge is 0.234 e. The van der Waals surface area contributed by atoms with Gasteiger partial charge in [0.25, 0.3) is 0 Å². The van der Waals surface area contributed by atoms with Gasteiger partial charge in [-0.25, -0.2) is 0 Å². The predicted octanol–water partition coefficient (Wildman–Crippen LogP) is 5.68. The third-order valence-electron chi connectivity index (χ3n) is 10.4. The Morgan fingerprint density at radius 1 is 1.08 bits per heavy atom. The van der Waals surface area contributed by atoms with Crippen LogP contribution in [0.15, 0.2) is 78.0 Å². The number of piperidine rings is 1. The molecule has 0 radical (unpaired) electrons. The summed E-state index contributed by atoms with van der Waals surface area (Å²) in [6, 6.07) is 19.4. The molecule has 1 aliphatic carbocycles. The highest BCUT2D eigenvalue weighted by molar-refractivity contribution is 14.1. The van der Waals surface area contributed by atoms with E-state index >= 15 is 0 Å². The van der Waals surface area contributed by atoms with Crippen molar-refractivity contribution >= 4 is 46.1 Å². The molecular weight excluding hydrogens is 733 g/mol. The first-order valence-corrected chi connectivity index (χ1v) is 18.1. The topological polar surface area (TPSA) is 123 Å². The van der Waals surface area contributed by atoms with Crippen molar-refractivity contribution in [1.82, 2.24) is 14.8 Å². The Kier molecular flexibility index (Phi) is 11.2. The maximum atomic E-state index is 14.1. The first-order chi connectivity index (χ1) is 23.7. The Hall–Kier alpha value is -3.58. The van der Waals surface area contributed by atoms with Crippen molar-refractivity contribution in [3.63, 3.8) is 0 Å². The largest absolute Gasteiger partial charge is 0.504 e. The van der Waals surface area contributed by atoms with Crippen molar-refractivity contribution in [2.45, 2.75) is 57.7 Å². The van der Waals surface area contributed by atoms with Gasteiger partial charge in [0, 0.05) is 37.8 Å². The fourth-order valence-electron chi connectivity index (χ4n) is 7.99. The van der Waals surface area contributed by atoms with Crippen molar-refractivity contribution in [1.29, 1.82) is 0 Å². The number of carbonyl (C=O) groups is 2. The van der Waals surface area contributed by atoms with Crippen molar-refractivity contribution in [3.05, 3.63) is 98.4 Å². The van der Waals surface area contributed by atoms with Gasteiger partial charge >= 0.3 is 0 Å². The maximum absolute atomic E-state index is 14.1. The summed E-state index contributed by atoms with van der Waals surface area (Å²) < 4.78 is 6.01. The number of halogens is 1. The van der Waals surface area contributed by atoms with E-state index in [2.05, 4.69) is 44.6 Å². The van der Waals surface area contributed by atoms with Crippen molar-refractivity contribution < 1.29 is 29.6 Å². The van der Waals surface area contributed by atoms with Gasteiger partial charge in [0.05, 0.1) is 40.9 Å². The quantitative estimate of drug-likeness (QED) is 0.129. The van der Waals surface area contributed by atoms with Crippen LogP contribution in [0.3, 0.4) is 0 Å². The number of hydrogen-bond donors (Lipinski definition) is 3. The number of imide groups is 1. The summed E-state index contributed by atoms with van der Waals surface area (Å²) in [5.74, 6) is -1.72. The fourth-order valence-corrected chi connectivity index (χ4v) is 8.61. The number of amides is 2. The van der Waals surface area contributed by atoms with E-state index in [1.54, 1.807) is 12.3 Å². The number of methoxy groups -OCH3 is 1. The van der Waals surface area contributed by atoms with Crippen LogP contribution in [-0.4, -0.2) is 80.9 Å². The minimum absolute atomic E-state index is 0.0788. The van der Waals surface area contributed by atoms with E-state index in [-0.39, 0.29) is 30.2 Å². The number of pyridine rings is 1. The number of aromatic hydroxyl groups is 1. The lowest BCUT2D eigenvalue weighted by Crippen LogP contribution is -2.47. The van der Waals surface area contributed by atoms with Crippen LogP contribution in [0.25, 0.3) is 11.6 Å². The fraction of sp³-hybridized carbons (Fsp3) is 0.410. The van der Waals surface area contributed by atoms with Crippen LogP contribution in [0.1, 0.15) is 55.8 Å². The Balaban J connectivity index is 1.17. The molecular formula is C39H44IN3O6. The standard InChI is InChI=1S/C39H44IN3O6/c1-24-18-29-36(39(48)43(38(29)47)28-13-16-42(17-14-28)22-25-8-4-3-5-9-25)30(23-44)35(24)33(45)12-11-27(32-10-6-7-15-41-32)19-26-20-31(40)37(46)34(21-26)49-2/h3-10,15,19-21,28-30,33,36,44-46H,11-14,16-18,22-23H2,1-2H3/b27-19-/t29-,30+,33-,36-/m1/s1. The second-order valence-electron chi connectivity index (χ2n) is 13.4. The highest BCUT2D eigenvalue weighted by Crippen LogP contribution is 2.47. The number of fused-ring (bicyclic) bond motifs is 1. The van der Waals surface area contributed by atoms with Gasteiger partial charge in [0.2, 0.25) is 11.8 Å². The summed E-state index contributed by atoms with van der Waals surface area (Å²) in [4.78, 5) is 36.3. The number of phenolic OH excluding ortho intramolecular Hbond substituents is 1. The second kappa shape index (κ2) is 15.5. The minimum atomic E-state index is -0.919. The normalized spacial score (nSPS) is 22.8. The van der Waals surface area contributed by atoms with Gasteiger partial charge < -0.3 is 20.1 Å². The number of allylic oxidation sites excluding steroid dienone is 2. The number of carbonyl (C=O) groups excluding carboxylic acids is 2. The van der Waals surface area contributed by atoms with Crippen molar-refractivity contribution in [2.24, 2.45) is 17.8 Å². The Morgan fingerprint density at radius 2 is 1.82 bits per heavy atom. The van der Waals surface area contributed by atoms with Gasteiger partial charge in [-0.1, -0.05) is 42.0 Å². The molecule has 10 heteroatoms. The summed E-state index contributed by atoms with van der Waals surface area (Å²) >= 11 is 2.06. The zero-order valence-corrected chi connectivity index (χ0v) is 30.1. The Labute approximate surface area is 301 Å². The van der Waals surface area contributed by atoms with Gasteiger partial charge in [-0.05, 0) is 114 Å². The average Bonchev–Trinajstić information content (AvgIpc) is 3.36. The highest BCUT2D eigenvalue weighted by atomic mass is 127. The van der Waals surface area contributed by atoms with Crippen LogP contribution in [0.2, 0.25) is 0 Å². The maximum Gasteiger partial charge on any atom is 0.234 e. The van der Waals surface area contributed by atoms with Crippen molar-refractivity contribution in [2.75, 3.05) is 26.8 Å². The number of aliphatic hydroxyl groups excluding tert-OH is 2. The van der Waals surface area contributed by atoms with Crippen LogP contribution < -0.4 is 4.74 Å². The molecule has 2 aromatic carbocycles. The SMILES string of the molecule is COc1cc(/C=C(/CC[C@@H](O)C2=C(C)C[C@H]3C(=O)N(C4CCN(Cc5ccccc5)CC4)C(=O)[C@H]3[C@H]2CO)c2ccccn2)cc(I)c1O. The van der Waals surface area contributed by atoms with Crippen LogP contribution in [-0.2, 0) is 16.1 Å². The van der Waals surface area contributed by atoms with E-state index in [4.69, 9.17) is 4.74 Å². The molecule has 0 spiro atoms. The number of ether oxygens (including phenoxy) is 1. The number of rotatable bonds is 11. The minimum Gasteiger partial charge on any atom is -0.504 e. The molecule has 0 bridgehead atoms. The van der Waals surface area contributed by atoms with E-state index in [1.807, 2.05) is 55.5 Å². The third kappa shape index (κ3) is 7.47. The van der Waals surface area contributed by atoms with Crippen molar-refractivity contribution in [3.8, 4) is 11.5 Å². The van der Waals surface area contributed by atoms with E-state index in [9.17, 15) is 24.9 Å². The van der Waals surface area contributed by atoms with Crippen LogP contribution >= 0.6 is 22.6 Å². The number of benzene rings is 2. The molecule has 2 saturated heterocycles. The number of aromatic nitrogens is 1. The van der Waals surface area contributed by atoms with Crippen LogP contribution in [0.4, 0.5) is 0 Å². The highest BCUT2D eigenvalue weighted by Gasteiger charge is 2.56. The summed E-state index contributed by atoms with van der Waals surface area (Å²) in [5.41, 5.74) is 5.25. The number of nitrogens with zero attached hydrogens (tertiary/aromatic N) is 3. The molecule has 6 rings (SSSR count). The third-order valence-corrected chi connectivity index (χ3v) is 11.2. The number of hydrogen-bond acceptors (Lipinski definition) is 8. The predicted molar refractivity (Wildman–Crippen MR) is 196 cm³/mol. The van der Waals surface area contributed by atoms with E-state index < -0.39 is 23.9 Å². The molecule has 258 valence electrons. The summed E-state index contributed by atoms with van der Waals surface area (Å²) in [5, 5.41) is 32.8. The monoisotopic (exact) mass is 777 g/mol. The first-order valence-electron chi connectivity index (χ1n) is 17.0. The van der Waals surface area contributed by atoms with E-state index in [0.717, 1.165) is 54.9 Å². The number of phenols is 1. The molecule has 3 aromatic rings. The second-order valence-corrected chi connectivity index (χ2v) is 14.6. The zero-order valence-electron chi connectivity index (χ0n) is 28.0.